The number of benzene rings is 2. The van der Waals surface area contributed by atoms with Gasteiger partial charge in [0.05, 0.1) is 26.4 Å². The van der Waals surface area contributed by atoms with Gasteiger partial charge in [-0.2, -0.15) is 0 Å². The van der Waals surface area contributed by atoms with E-state index < -0.39 is 55.8 Å². The summed E-state index contributed by atoms with van der Waals surface area (Å²) in [5.74, 6) is 0. The van der Waals surface area contributed by atoms with Crippen molar-refractivity contribution >= 4 is 0 Å². The average molecular weight is 477 g/mol. The van der Waals surface area contributed by atoms with E-state index in [-0.39, 0.29) is 6.61 Å². The summed E-state index contributed by atoms with van der Waals surface area (Å²) in [6.07, 6.45) is -6.89. The Labute approximate surface area is 198 Å². The highest BCUT2D eigenvalue weighted by Gasteiger charge is 2.49. The summed E-state index contributed by atoms with van der Waals surface area (Å²) in [7, 11) is 1.53. The predicted molar refractivity (Wildman–Crippen MR) is 119 cm³/mol. The Morgan fingerprint density at radius 2 is 1.26 bits per heavy atom. The fourth-order valence-corrected chi connectivity index (χ4v) is 4.12. The van der Waals surface area contributed by atoms with Gasteiger partial charge in [-0.15, -0.1) is 0 Å². The van der Waals surface area contributed by atoms with Crippen LogP contribution in [0.25, 0.3) is 0 Å². The van der Waals surface area contributed by atoms with Crippen LogP contribution in [0.4, 0.5) is 0 Å². The zero-order valence-corrected chi connectivity index (χ0v) is 19.0. The number of methoxy groups -OCH3 is 1. The van der Waals surface area contributed by atoms with Gasteiger partial charge in [0.2, 0.25) is 0 Å². The summed E-state index contributed by atoms with van der Waals surface area (Å²) in [6.45, 7) is 0.252. The Balaban J connectivity index is 1.44. The first-order chi connectivity index (χ1) is 16.6. The van der Waals surface area contributed by atoms with E-state index in [4.69, 9.17) is 28.4 Å². The van der Waals surface area contributed by atoms with E-state index in [1.807, 2.05) is 60.7 Å². The van der Waals surface area contributed by atoms with E-state index in [0.29, 0.717) is 13.2 Å². The molecular weight excluding hydrogens is 444 g/mol. The highest BCUT2D eigenvalue weighted by atomic mass is 16.7. The molecule has 2 aliphatic rings. The van der Waals surface area contributed by atoms with Crippen molar-refractivity contribution in [2.45, 2.75) is 62.4 Å². The smallest absolute Gasteiger partial charge is 0.186 e. The van der Waals surface area contributed by atoms with Crippen molar-refractivity contribution in [2.75, 3.05) is 20.3 Å². The van der Waals surface area contributed by atoms with Crippen molar-refractivity contribution in [2.24, 2.45) is 0 Å². The molecule has 0 radical (unpaired) electrons. The molecule has 0 bridgehead atoms. The fraction of sp³-hybridized carbons (Fsp3) is 0.520. The lowest BCUT2D eigenvalue weighted by Gasteiger charge is -2.25. The monoisotopic (exact) mass is 476 g/mol. The van der Waals surface area contributed by atoms with Crippen LogP contribution in [-0.4, -0.2) is 84.8 Å². The molecule has 2 fully saturated rings. The number of ether oxygens (including phenoxy) is 6. The first kappa shape index (κ1) is 25.2. The van der Waals surface area contributed by atoms with Crippen molar-refractivity contribution in [3.8, 4) is 0 Å². The maximum atomic E-state index is 10.2. The summed E-state index contributed by atoms with van der Waals surface area (Å²) >= 11 is 0. The maximum absolute atomic E-state index is 10.2. The maximum Gasteiger partial charge on any atom is 0.186 e. The summed E-state index contributed by atoms with van der Waals surface area (Å²) in [4.78, 5) is 0. The number of aliphatic hydroxyl groups is 3. The molecule has 9 heteroatoms. The molecule has 0 saturated carbocycles. The molecule has 8 atom stereocenters. The van der Waals surface area contributed by atoms with Gasteiger partial charge in [0.15, 0.2) is 12.6 Å². The fourth-order valence-electron chi connectivity index (χ4n) is 4.12. The van der Waals surface area contributed by atoms with Crippen molar-refractivity contribution in [3.05, 3.63) is 71.8 Å². The van der Waals surface area contributed by atoms with Gasteiger partial charge in [0.1, 0.15) is 36.6 Å². The standard InChI is InChI=1S/C25H32O9/c1-29-25-23(31-14-17-10-6-3-7-11-17)22(30-13-16-8-4-2-5-9-16)19(34-25)15-32-24-21(28)20(27)18(12-26)33-24/h2-11,18-28H,12-15H2,1H3/t18-,19-,20-,21+,22-,23+,24+,25+/m1/s1. The van der Waals surface area contributed by atoms with E-state index in [2.05, 4.69) is 0 Å². The molecule has 0 aliphatic carbocycles. The Morgan fingerprint density at radius 1 is 0.706 bits per heavy atom. The number of rotatable bonds is 11. The Hall–Kier alpha value is -1.92. The normalized spacial score (nSPS) is 33.4. The second-order valence-electron chi connectivity index (χ2n) is 8.34. The second kappa shape index (κ2) is 12.2. The van der Waals surface area contributed by atoms with Crippen LogP contribution in [-0.2, 0) is 41.6 Å². The van der Waals surface area contributed by atoms with Gasteiger partial charge >= 0.3 is 0 Å². The van der Waals surface area contributed by atoms with Gasteiger partial charge in [-0.05, 0) is 11.1 Å². The zero-order chi connectivity index (χ0) is 23.9. The largest absolute Gasteiger partial charge is 0.394 e. The van der Waals surface area contributed by atoms with Crippen molar-refractivity contribution in [1.29, 1.82) is 0 Å². The first-order valence-electron chi connectivity index (χ1n) is 11.3. The van der Waals surface area contributed by atoms with E-state index in [1.54, 1.807) is 0 Å². The lowest BCUT2D eigenvalue weighted by atomic mass is 10.1. The van der Waals surface area contributed by atoms with Crippen LogP contribution in [0.15, 0.2) is 60.7 Å². The molecule has 0 amide bonds. The molecule has 34 heavy (non-hydrogen) atoms. The van der Waals surface area contributed by atoms with Crippen LogP contribution in [0.2, 0.25) is 0 Å². The SMILES string of the molecule is CO[C@H]1O[C@H](CO[C@H]2O[C@H](CO)[C@@H](O)[C@@H]2O)[C@@H](OCc2ccccc2)[C@@H]1OCc1ccccc1. The van der Waals surface area contributed by atoms with Gasteiger partial charge in [0, 0.05) is 7.11 Å². The lowest BCUT2D eigenvalue weighted by Crippen LogP contribution is -2.41. The minimum atomic E-state index is -1.29. The zero-order valence-electron chi connectivity index (χ0n) is 19.0. The first-order valence-corrected chi connectivity index (χ1v) is 11.3. The predicted octanol–water partition coefficient (Wildman–Crippen LogP) is 0.984. The van der Waals surface area contributed by atoms with E-state index in [1.165, 1.54) is 7.11 Å². The van der Waals surface area contributed by atoms with Gasteiger partial charge in [-0.25, -0.2) is 0 Å². The minimum absolute atomic E-state index is 0.00287. The third kappa shape index (κ3) is 6.01. The molecule has 2 saturated heterocycles. The highest BCUT2D eigenvalue weighted by molar-refractivity contribution is 5.14. The molecule has 2 aromatic rings. The van der Waals surface area contributed by atoms with Crippen molar-refractivity contribution in [3.63, 3.8) is 0 Å². The molecule has 2 aromatic carbocycles. The third-order valence-corrected chi connectivity index (χ3v) is 5.99. The van der Waals surface area contributed by atoms with Gasteiger partial charge < -0.3 is 43.7 Å². The summed E-state index contributed by atoms with van der Waals surface area (Å²) in [5, 5.41) is 29.4. The van der Waals surface area contributed by atoms with Crippen LogP contribution < -0.4 is 0 Å². The lowest BCUT2D eigenvalue weighted by molar-refractivity contribution is -0.204. The highest BCUT2D eigenvalue weighted by Crippen LogP contribution is 2.30. The topological polar surface area (TPSA) is 116 Å². The summed E-state index contributed by atoms with van der Waals surface area (Å²) < 4.78 is 35.1. The Morgan fingerprint density at radius 3 is 1.79 bits per heavy atom. The molecule has 4 rings (SSSR count). The van der Waals surface area contributed by atoms with E-state index in [9.17, 15) is 15.3 Å². The average Bonchev–Trinajstić information content (AvgIpc) is 3.36. The van der Waals surface area contributed by atoms with Crippen LogP contribution in [0.5, 0.6) is 0 Å². The Kier molecular flexibility index (Phi) is 9.01. The summed E-state index contributed by atoms with van der Waals surface area (Å²) in [5.41, 5.74) is 2.00. The van der Waals surface area contributed by atoms with Gasteiger partial charge in [-0.3, -0.25) is 0 Å². The molecule has 0 aromatic heterocycles. The molecular formula is C25H32O9. The quantitative estimate of drug-likeness (QED) is 0.437. The van der Waals surface area contributed by atoms with Crippen molar-refractivity contribution in [1.82, 2.24) is 0 Å². The molecule has 2 heterocycles. The minimum Gasteiger partial charge on any atom is -0.394 e. The van der Waals surface area contributed by atoms with Crippen molar-refractivity contribution < 1.29 is 43.7 Å². The van der Waals surface area contributed by atoms with Crippen LogP contribution in [0.1, 0.15) is 11.1 Å². The number of hydrogen-bond donors (Lipinski definition) is 3. The molecule has 186 valence electrons. The number of aliphatic hydroxyl groups excluding tert-OH is 3. The van der Waals surface area contributed by atoms with Crippen LogP contribution >= 0.6 is 0 Å². The number of hydrogen-bond acceptors (Lipinski definition) is 9. The van der Waals surface area contributed by atoms with Gasteiger partial charge in [0.25, 0.3) is 0 Å². The molecule has 9 nitrogen and oxygen atoms in total. The summed E-state index contributed by atoms with van der Waals surface area (Å²) in [6, 6.07) is 19.5. The molecule has 0 unspecified atom stereocenters. The van der Waals surface area contributed by atoms with E-state index >= 15 is 0 Å². The molecule has 3 N–H and O–H groups in total. The van der Waals surface area contributed by atoms with Crippen LogP contribution in [0, 0.1) is 0 Å². The van der Waals surface area contributed by atoms with E-state index in [0.717, 1.165) is 11.1 Å². The molecule has 0 spiro atoms. The van der Waals surface area contributed by atoms with Crippen LogP contribution in [0.3, 0.4) is 0 Å². The second-order valence-corrected chi connectivity index (χ2v) is 8.34. The molecule has 2 aliphatic heterocycles. The third-order valence-electron chi connectivity index (χ3n) is 5.99. The van der Waals surface area contributed by atoms with Gasteiger partial charge in [-0.1, -0.05) is 60.7 Å². The Bertz CT molecular complexity index is 852.